The van der Waals surface area contributed by atoms with Gasteiger partial charge in [-0.3, -0.25) is 9.59 Å². The summed E-state index contributed by atoms with van der Waals surface area (Å²) in [7, 11) is 0. The van der Waals surface area contributed by atoms with Gasteiger partial charge in [0.05, 0.1) is 4.88 Å². The molecule has 0 bridgehead atoms. The molecular formula is C18H15N3O2S2. The maximum absolute atomic E-state index is 13.0. The first kappa shape index (κ1) is 16.0. The van der Waals surface area contributed by atoms with Crippen LogP contribution in [0, 0.1) is 0 Å². The van der Waals surface area contributed by atoms with E-state index in [-0.39, 0.29) is 5.91 Å². The molecule has 3 aromatic rings. The lowest BCUT2D eigenvalue weighted by molar-refractivity contribution is -0.122. The zero-order valence-corrected chi connectivity index (χ0v) is 14.8. The molecule has 0 saturated carbocycles. The topological polar surface area (TPSA) is 76.3 Å². The second-order valence-corrected chi connectivity index (χ2v) is 7.65. The Morgan fingerprint density at radius 3 is 2.64 bits per heavy atom. The largest absolute Gasteiger partial charge is 0.368 e. The van der Waals surface area contributed by atoms with Crippen LogP contribution < -0.4 is 5.73 Å². The van der Waals surface area contributed by atoms with Crippen LogP contribution in [0.5, 0.6) is 0 Å². The van der Waals surface area contributed by atoms with Gasteiger partial charge >= 0.3 is 0 Å². The number of hydrogen-bond acceptors (Lipinski definition) is 5. The molecule has 3 heterocycles. The van der Waals surface area contributed by atoms with Gasteiger partial charge in [0.1, 0.15) is 16.7 Å². The quantitative estimate of drug-likeness (QED) is 0.771. The van der Waals surface area contributed by atoms with Crippen LogP contribution in [0.15, 0.2) is 47.2 Å². The van der Waals surface area contributed by atoms with Crippen molar-refractivity contribution in [1.29, 1.82) is 0 Å². The van der Waals surface area contributed by atoms with Crippen molar-refractivity contribution in [3.8, 4) is 9.88 Å². The molecule has 0 unspecified atom stereocenters. The van der Waals surface area contributed by atoms with Crippen molar-refractivity contribution in [1.82, 2.24) is 9.88 Å². The first-order chi connectivity index (χ1) is 12.1. The number of carbonyl (C=O) groups is 2. The molecule has 7 heteroatoms. The number of rotatable bonds is 3. The molecule has 1 aliphatic rings. The molecule has 4 rings (SSSR count). The molecule has 1 atom stereocenters. The number of primary amides is 1. The van der Waals surface area contributed by atoms with Gasteiger partial charge in [-0.25, -0.2) is 4.98 Å². The number of thiophene rings is 1. The average molecular weight is 369 g/mol. The fourth-order valence-electron chi connectivity index (χ4n) is 3.02. The third-order valence-corrected chi connectivity index (χ3v) is 6.17. The lowest BCUT2D eigenvalue weighted by Crippen LogP contribution is -2.51. The Morgan fingerprint density at radius 2 is 1.92 bits per heavy atom. The van der Waals surface area contributed by atoms with Gasteiger partial charge in [-0.15, -0.1) is 22.7 Å². The Balaban J connectivity index is 1.65. The number of hydrogen-bond donors (Lipinski definition) is 1. The molecule has 0 saturated heterocycles. The first-order valence-corrected chi connectivity index (χ1v) is 9.56. The summed E-state index contributed by atoms with van der Waals surface area (Å²) >= 11 is 3.01. The van der Waals surface area contributed by atoms with Gasteiger partial charge in [-0.2, -0.15) is 0 Å². The van der Waals surface area contributed by atoms with Crippen molar-refractivity contribution in [2.45, 2.75) is 19.0 Å². The molecule has 0 fully saturated rings. The Kier molecular flexibility index (Phi) is 4.10. The first-order valence-electron chi connectivity index (χ1n) is 7.80. The van der Waals surface area contributed by atoms with E-state index in [1.165, 1.54) is 16.2 Å². The molecule has 0 radical (unpaired) electrons. The lowest BCUT2D eigenvalue weighted by Gasteiger charge is -2.34. The van der Waals surface area contributed by atoms with Crippen molar-refractivity contribution >= 4 is 34.5 Å². The van der Waals surface area contributed by atoms with Crippen LogP contribution in [0.1, 0.15) is 21.6 Å². The molecule has 2 aromatic heterocycles. The molecule has 0 spiro atoms. The second kappa shape index (κ2) is 6.42. The highest BCUT2D eigenvalue weighted by Gasteiger charge is 2.34. The van der Waals surface area contributed by atoms with Crippen LogP contribution in [-0.2, 0) is 17.8 Å². The van der Waals surface area contributed by atoms with Crippen LogP contribution in [0.4, 0.5) is 0 Å². The number of carbonyl (C=O) groups excluding carboxylic acids is 2. The van der Waals surface area contributed by atoms with Gasteiger partial charge in [0.2, 0.25) is 5.91 Å². The van der Waals surface area contributed by atoms with Gasteiger partial charge in [0, 0.05) is 18.3 Å². The van der Waals surface area contributed by atoms with E-state index in [0.29, 0.717) is 18.7 Å². The average Bonchev–Trinajstić information content (AvgIpc) is 3.31. The number of aromatic nitrogens is 1. The van der Waals surface area contributed by atoms with Crippen molar-refractivity contribution in [3.05, 3.63) is 64.0 Å². The van der Waals surface area contributed by atoms with Gasteiger partial charge in [-0.05, 0) is 22.6 Å². The van der Waals surface area contributed by atoms with Gasteiger partial charge in [0.15, 0.2) is 0 Å². The molecule has 25 heavy (non-hydrogen) atoms. The zero-order chi connectivity index (χ0) is 17.4. The van der Waals surface area contributed by atoms with Crippen LogP contribution in [0.3, 0.4) is 0 Å². The Hall–Kier alpha value is -2.51. The highest BCUT2D eigenvalue weighted by Crippen LogP contribution is 2.30. The third kappa shape index (κ3) is 2.96. The summed E-state index contributed by atoms with van der Waals surface area (Å²) in [4.78, 5) is 31.9. The Bertz CT molecular complexity index is 933. The van der Waals surface area contributed by atoms with Gasteiger partial charge in [0.25, 0.3) is 5.91 Å². The SMILES string of the molecule is NC(=O)[C@@H]1Cc2ccccc2CN1C(=O)c1csc(-c2cccs2)n1. The van der Waals surface area contributed by atoms with E-state index in [2.05, 4.69) is 4.98 Å². The monoisotopic (exact) mass is 369 g/mol. The fourth-order valence-corrected chi connectivity index (χ4v) is 4.63. The Morgan fingerprint density at radius 1 is 1.12 bits per heavy atom. The molecule has 5 nitrogen and oxygen atoms in total. The molecule has 0 aliphatic carbocycles. The van der Waals surface area contributed by atoms with Crippen molar-refractivity contribution in [3.63, 3.8) is 0 Å². The molecule has 1 aliphatic heterocycles. The number of thiazole rings is 1. The van der Waals surface area contributed by atoms with Gasteiger partial charge < -0.3 is 10.6 Å². The minimum Gasteiger partial charge on any atom is -0.368 e. The van der Waals surface area contributed by atoms with Crippen LogP contribution in [-0.4, -0.2) is 27.7 Å². The van der Waals surface area contributed by atoms with E-state index in [9.17, 15) is 9.59 Å². The molecule has 1 aromatic carbocycles. The zero-order valence-electron chi connectivity index (χ0n) is 13.2. The summed E-state index contributed by atoms with van der Waals surface area (Å²) in [5.74, 6) is -0.742. The van der Waals surface area contributed by atoms with Crippen LogP contribution in [0.25, 0.3) is 9.88 Å². The second-order valence-electron chi connectivity index (χ2n) is 5.84. The molecular weight excluding hydrogens is 354 g/mol. The maximum atomic E-state index is 13.0. The summed E-state index contributed by atoms with van der Waals surface area (Å²) in [5, 5.41) is 4.53. The number of nitrogens with two attached hydrogens (primary N) is 1. The minimum atomic E-state index is -0.644. The fraction of sp³-hybridized carbons (Fsp3) is 0.167. The predicted octanol–water partition coefficient (Wildman–Crippen LogP) is 2.92. The molecule has 2 amide bonds. The summed E-state index contributed by atoms with van der Waals surface area (Å²) < 4.78 is 0. The van der Waals surface area contributed by atoms with E-state index < -0.39 is 11.9 Å². The third-order valence-electron chi connectivity index (χ3n) is 4.29. The summed E-state index contributed by atoms with van der Waals surface area (Å²) in [6.07, 6.45) is 0.444. The van der Waals surface area contributed by atoms with E-state index >= 15 is 0 Å². The van der Waals surface area contributed by atoms with Crippen molar-refractivity contribution < 1.29 is 9.59 Å². The van der Waals surface area contributed by atoms with E-state index in [1.54, 1.807) is 16.7 Å². The van der Waals surface area contributed by atoms with E-state index in [4.69, 9.17) is 5.73 Å². The Labute approximate surface area is 152 Å². The van der Waals surface area contributed by atoms with Gasteiger partial charge in [-0.1, -0.05) is 30.3 Å². The lowest BCUT2D eigenvalue weighted by atomic mass is 9.93. The molecule has 126 valence electrons. The number of benzene rings is 1. The van der Waals surface area contributed by atoms with Crippen molar-refractivity contribution in [2.24, 2.45) is 5.73 Å². The minimum absolute atomic E-state index is 0.252. The number of nitrogens with zero attached hydrogens (tertiary/aromatic N) is 2. The summed E-state index contributed by atoms with van der Waals surface area (Å²) in [6, 6.07) is 11.1. The number of fused-ring (bicyclic) bond motifs is 1. The smallest absolute Gasteiger partial charge is 0.274 e. The maximum Gasteiger partial charge on any atom is 0.274 e. The van der Waals surface area contributed by atoms with Crippen LogP contribution in [0.2, 0.25) is 0 Å². The molecule has 2 N–H and O–H groups in total. The predicted molar refractivity (Wildman–Crippen MR) is 98.4 cm³/mol. The van der Waals surface area contributed by atoms with Crippen LogP contribution >= 0.6 is 22.7 Å². The normalized spacial score (nSPS) is 16.5. The number of amides is 2. The van der Waals surface area contributed by atoms with Crippen molar-refractivity contribution in [2.75, 3.05) is 0 Å². The summed E-state index contributed by atoms with van der Waals surface area (Å²) in [5.41, 5.74) is 8.03. The highest BCUT2D eigenvalue weighted by molar-refractivity contribution is 7.20. The summed E-state index contributed by atoms with van der Waals surface area (Å²) in [6.45, 7) is 0.370. The van der Waals surface area contributed by atoms with E-state index in [1.807, 2.05) is 41.8 Å². The standard InChI is InChI=1S/C18H15N3O2S2/c19-16(22)14-8-11-4-1-2-5-12(11)9-21(14)18(23)13-10-25-17(20-13)15-6-3-7-24-15/h1-7,10,14H,8-9H2,(H2,19,22)/t14-/m0/s1. The highest BCUT2D eigenvalue weighted by atomic mass is 32.1. The van der Waals surface area contributed by atoms with E-state index in [0.717, 1.165) is 21.0 Å².